The number of aliphatic hydroxyl groups excluding tert-OH is 1. The Labute approximate surface area is 266 Å². The third-order valence-corrected chi connectivity index (χ3v) is 7.77. The highest BCUT2D eigenvalue weighted by Gasteiger charge is 2.31. The van der Waals surface area contributed by atoms with Gasteiger partial charge in [-0.2, -0.15) is 0 Å². The van der Waals surface area contributed by atoms with Crippen LogP contribution in [0.1, 0.15) is 88.3 Å². The predicted octanol–water partition coefficient (Wildman–Crippen LogP) is 5.24. The Morgan fingerprint density at radius 1 is 1.18 bits per heavy atom. The van der Waals surface area contributed by atoms with E-state index >= 15 is 0 Å². The lowest BCUT2D eigenvalue weighted by Gasteiger charge is -2.22. The molecule has 9 heteroatoms. The lowest BCUT2D eigenvalue weighted by atomic mass is 9.86. The van der Waals surface area contributed by atoms with Crippen LogP contribution >= 0.6 is 12.2 Å². The number of thiocarbonyl (C=S) groups is 1. The number of carbonyl (C=O) groups excluding carboxylic acids is 1. The second kappa shape index (κ2) is 14.9. The number of aliphatic hydroxyl groups is 1. The van der Waals surface area contributed by atoms with Crippen molar-refractivity contribution in [1.29, 1.82) is 0 Å². The van der Waals surface area contributed by atoms with Crippen molar-refractivity contribution >= 4 is 41.0 Å². The highest BCUT2D eigenvalue weighted by molar-refractivity contribution is 7.81. The molecule has 0 unspecified atom stereocenters. The minimum Gasteiger partial charge on any atom is -0.507 e. The van der Waals surface area contributed by atoms with Gasteiger partial charge in [-0.3, -0.25) is 9.59 Å². The molecule has 0 saturated heterocycles. The number of hydrogen-bond acceptors (Lipinski definition) is 8. The van der Waals surface area contributed by atoms with Crippen LogP contribution in [0.2, 0.25) is 0 Å². The molecule has 0 spiro atoms. The fourth-order valence-electron chi connectivity index (χ4n) is 5.29. The third kappa shape index (κ3) is 7.74. The second-order valence-corrected chi connectivity index (χ2v) is 11.4. The Balaban J connectivity index is 1.61. The summed E-state index contributed by atoms with van der Waals surface area (Å²) in [5, 5.41) is 32.3. The van der Waals surface area contributed by atoms with Crippen LogP contribution < -0.4 is 20.8 Å². The summed E-state index contributed by atoms with van der Waals surface area (Å²) >= 11 is 5.22. The minimum absolute atomic E-state index is 0.0517. The van der Waals surface area contributed by atoms with Crippen LogP contribution in [0.25, 0.3) is 12.2 Å². The molecule has 2 aromatic carbocycles. The van der Waals surface area contributed by atoms with Crippen molar-refractivity contribution in [2.24, 2.45) is 0 Å². The maximum Gasteiger partial charge on any atom is 0.372 e. The molecule has 0 fully saturated rings. The van der Waals surface area contributed by atoms with Gasteiger partial charge >= 0.3 is 5.97 Å². The zero-order chi connectivity index (χ0) is 32.7. The number of fused-ring (bicyclic) bond motifs is 1. The fraction of sp³-hybridized carbons (Fsp3) is 0.278. The van der Waals surface area contributed by atoms with Crippen molar-refractivity contribution in [3.8, 4) is 11.5 Å². The SMILES string of the molecule is CCCc1c(OCC/C=C\C=C\[C@@H](c2c(C(=O)O)oc3c(c2=O)=CCC(=S)C=3)[C@@H](O)c2cccc(C)c2)ccc(C(C)=O)c1O. The molecule has 1 heterocycles. The molecule has 0 bridgehead atoms. The average Bonchev–Trinajstić information content (AvgIpc) is 2.99. The molecule has 8 nitrogen and oxygen atoms in total. The van der Waals surface area contributed by atoms with E-state index in [4.69, 9.17) is 21.4 Å². The van der Waals surface area contributed by atoms with E-state index in [1.165, 1.54) is 13.0 Å². The number of phenolic OH excluding ortho intramolecular Hbond substituents is 1. The maximum atomic E-state index is 13.7. The first-order valence-electron chi connectivity index (χ1n) is 14.7. The number of phenols is 1. The highest BCUT2D eigenvalue weighted by atomic mass is 32.1. The molecular weight excluding hydrogens is 592 g/mol. The Morgan fingerprint density at radius 2 is 1.96 bits per heavy atom. The Hall–Kier alpha value is -4.60. The molecular formula is C36H36O8S. The number of hydrogen-bond donors (Lipinski definition) is 3. The largest absolute Gasteiger partial charge is 0.507 e. The lowest BCUT2D eigenvalue weighted by Crippen LogP contribution is -2.45. The number of ether oxygens (including phenoxy) is 1. The molecule has 2 atom stereocenters. The van der Waals surface area contributed by atoms with Gasteiger partial charge in [0, 0.05) is 22.8 Å². The first-order chi connectivity index (χ1) is 21.5. The molecule has 3 N–H and O–H groups in total. The van der Waals surface area contributed by atoms with Gasteiger partial charge in [-0.15, -0.1) is 0 Å². The van der Waals surface area contributed by atoms with E-state index in [2.05, 4.69) is 0 Å². The average molecular weight is 629 g/mol. The zero-order valence-electron chi connectivity index (χ0n) is 25.4. The Morgan fingerprint density at radius 3 is 2.64 bits per heavy atom. The summed E-state index contributed by atoms with van der Waals surface area (Å²) in [6.45, 7) is 5.55. The first kappa shape index (κ1) is 33.3. The number of aryl methyl sites for hydroxylation is 1. The van der Waals surface area contributed by atoms with E-state index in [1.807, 2.05) is 26.0 Å². The number of allylic oxidation sites excluding steroid dienone is 2. The zero-order valence-corrected chi connectivity index (χ0v) is 26.2. The number of benzene rings is 2. The molecule has 1 aliphatic carbocycles. The topological polar surface area (TPSA) is 134 Å². The van der Waals surface area contributed by atoms with Crippen LogP contribution in [0.3, 0.4) is 0 Å². The number of carbonyl (C=O) groups is 2. The van der Waals surface area contributed by atoms with Crippen molar-refractivity contribution in [3.05, 3.63) is 115 Å². The van der Waals surface area contributed by atoms with Crippen LogP contribution in [-0.2, 0) is 6.42 Å². The summed E-state index contributed by atoms with van der Waals surface area (Å²) in [6, 6.07) is 10.4. The Kier molecular flexibility index (Phi) is 11.0. The van der Waals surface area contributed by atoms with Crippen LogP contribution in [0.15, 0.2) is 69.9 Å². The lowest BCUT2D eigenvalue weighted by molar-refractivity contribution is 0.0650. The van der Waals surface area contributed by atoms with Crippen molar-refractivity contribution in [1.82, 2.24) is 0 Å². The van der Waals surface area contributed by atoms with Crippen LogP contribution in [0.4, 0.5) is 0 Å². The van der Waals surface area contributed by atoms with Crippen molar-refractivity contribution < 1.29 is 34.1 Å². The molecule has 3 aromatic rings. The standard InChI is InChI=1S/C36H36O8S/c1-4-10-26-29(17-16-25(22(3)37)33(26)39)43-18-8-6-5-7-13-28(32(38)23-12-9-11-21(2)19-23)31-34(40)27-15-14-24(45)20-30(27)44-35(31)36(41)42/h5-7,9,11-13,15-17,19-20,28,32,38-39H,4,8,10,14,18H2,1-3H3,(H,41,42)/b6-5-,13-7+/t28-,32-/m0/s1. The van der Waals surface area contributed by atoms with Crippen LogP contribution in [0.5, 0.6) is 11.5 Å². The number of carboxylic acids is 1. The number of Topliss-reactive ketones (excluding diaryl/α,β-unsaturated/α-hetero) is 1. The maximum absolute atomic E-state index is 13.7. The van der Waals surface area contributed by atoms with Crippen molar-refractivity contribution in [2.45, 2.75) is 58.5 Å². The van der Waals surface area contributed by atoms with Crippen molar-refractivity contribution in [2.75, 3.05) is 6.61 Å². The third-order valence-electron chi connectivity index (χ3n) is 7.49. The van der Waals surface area contributed by atoms with Crippen LogP contribution in [-0.4, -0.2) is 38.5 Å². The summed E-state index contributed by atoms with van der Waals surface area (Å²) in [5.74, 6) is -2.78. The summed E-state index contributed by atoms with van der Waals surface area (Å²) in [4.78, 5) is 38.4. The smallest absolute Gasteiger partial charge is 0.372 e. The van der Waals surface area contributed by atoms with Crippen molar-refractivity contribution in [3.63, 3.8) is 0 Å². The van der Waals surface area contributed by atoms with E-state index in [9.17, 15) is 29.7 Å². The number of aromatic carboxylic acids is 1. The predicted molar refractivity (Wildman–Crippen MR) is 177 cm³/mol. The quantitative estimate of drug-likeness (QED) is 0.101. The van der Waals surface area contributed by atoms with Crippen LogP contribution in [0, 0.1) is 6.92 Å². The van der Waals surface area contributed by atoms with E-state index in [1.54, 1.807) is 54.6 Å². The summed E-state index contributed by atoms with van der Waals surface area (Å²) in [6.07, 6.45) is 10.8. The minimum atomic E-state index is -1.43. The molecule has 45 heavy (non-hydrogen) atoms. The molecule has 0 saturated carbocycles. The second-order valence-electron chi connectivity index (χ2n) is 10.9. The van der Waals surface area contributed by atoms with Gasteiger partial charge < -0.3 is 24.5 Å². The van der Waals surface area contributed by atoms with E-state index < -0.39 is 29.2 Å². The summed E-state index contributed by atoms with van der Waals surface area (Å²) in [5.41, 5.74) is 1.68. The number of aromatic hydroxyl groups is 1. The van der Waals surface area contributed by atoms with Gasteiger partial charge in [-0.1, -0.05) is 85.8 Å². The highest BCUT2D eigenvalue weighted by Crippen LogP contribution is 2.34. The molecule has 0 aliphatic heterocycles. The summed E-state index contributed by atoms with van der Waals surface area (Å²) in [7, 11) is 0. The van der Waals surface area contributed by atoms with Gasteiger partial charge in [0.1, 0.15) is 16.9 Å². The molecule has 0 amide bonds. The normalized spacial score (nSPS) is 14.1. The van der Waals surface area contributed by atoms with E-state index in [0.717, 1.165) is 12.0 Å². The van der Waals surface area contributed by atoms with Gasteiger partial charge in [-0.05, 0) is 50.5 Å². The number of carboxylic acid groups (broad SMARTS) is 1. The molecule has 1 aromatic heterocycles. The van der Waals surface area contributed by atoms with E-state index in [-0.39, 0.29) is 33.3 Å². The number of ketones is 1. The van der Waals surface area contributed by atoms with Gasteiger partial charge in [0.25, 0.3) is 0 Å². The molecule has 0 radical (unpaired) electrons. The molecule has 4 rings (SSSR count). The van der Waals surface area contributed by atoms with Gasteiger partial charge in [0.05, 0.1) is 29.1 Å². The number of rotatable bonds is 13. The monoisotopic (exact) mass is 628 g/mol. The first-order valence-corrected chi connectivity index (χ1v) is 15.2. The van der Waals surface area contributed by atoms with Gasteiger partial charge in [0.2, 0.25) is 5.76 Å². The Bertz CT molecular complexity index is 1860. The molecule has 1 aliphatic rings. The van der Waals surface area contributed by atoms with Gasteiger partial charge in [-0.25, -0.2) is 4.79 Å². The van der Waals surface area contributed by atoms with Gasteiger partial charge in [0.15, 0.2) is 11.2 Å². The molecule has 234 valence electrons. The summed E-state index contributed by atoms with van der Waals surface area (Å²) < 4.78 is 11.6. The van der Waals surface area contributed by atoms with E-state index in [0.29, 0.717) is 47.6 Å². The fourth-order valence-corrected chi connectivity index (χ4v) is 5.49.